The highest BCUT2D eigenvalue weighted by Gasteiger charge is 2.23. The van der Waals surface area contributed by atoms with Crippen LogP contribution in [0, 0.1) is 19.7 Å². The van der Waals surface area contributed by atoms with Crippen LogP contribution in [0.15, 0.2) is 59.0 Å². The maximum atomic E-state index is 13.8. The minimum absolute atomic E-state index is 0.000933. The van der Waals surface area contributed by atoms with Gasteiger partial charge in [0.2, 0.25) is 5.91 Å². The first-order valence-electron chi connectivity index (χ1n) is 11.1. The standard InChI is InChI=1S/C26H25FN4O2/c1-17-14-20(8-9-21(17)27)23-15-24(19-6-4-3-5-7-19)31(29-23)16-26(32)30-12-10-22-25(11-13-30)33-18(2)28-22/h3-9,14-15H,10-13,16H2,1-2H3. The third-order valence-electron chi connectivity index (χ3n) is 6.05. The molecule has 6 nitrogen and oxygen atoms in total. The zero-order valence-electron chi connectivity index (χ0n) is 18.7. The Morgan fingerprint density at radius 3 is 2.61 bits per heavy atom. The molecule has 4 aromatic rings. The second-order valence-corrected chi connectivity index (χ2v) is 8.39. The van der Waals surface area contributed by atoms with Gasteiger partial charge in [-0.25, -0.2) is 9.37 Å². The summed E-state index contributed by atoms with van der Waals surface area (Å²) in [5.74, 6) is 1.30. The first-order valence-corrected chi connectivity index (χ1v) is 11.1. The van der Waals surface area contributed by atoms with Crippen LogP contribution in [-0.2, 0) is 24.2 Å². The van der Waals surface area contributed by atoms with Crippen molar-refractivity contribution in [3.8, 4) is 22.5 Å². The number of rotatable bonds is 4. The van der Waals surface area contributed by atoms with Crippen molar-refractivity contribution in [1.29, 1.82) is 0 Å². The summed E-state index contributed by atoms with van der Waals surface area (Å²) in [7, 11) is 0. The Hall–Kier alpha value is -3.74. The van der Waals surface area contributed by atoms with Crippen molar-refractivity contribution in [1.82, 2.24) is 19.7 Å². The van der Waals surface area contributed by atoms with Crippen LogP contribution in [0.2, 0.25) is 0 Å². The first-order chi connectivity index (χ1) is 16.0. The molecule has 33 heavy (non-hydrogen) atoms. The molecule has 0 N–H and O–H groups in total. The van der Waals surface area contributed by atoms with Crippen molar-refractivity contribution < 1.29 is 13.6 Å². The predicted molar refractivity (Wildman–Crippen MR) is 123 cm³/mol. The van der Waals surface area contributed by atoms with E-state index < -0.39 is 0 Å². The van der Waals surface area contributed by atoms with Crippen LogP contribution in [0.25, 0.3) is 22.5 Å². The number of oxazole rings is 1. The van der Waals surface area contributed by atoms with E-state index in [0.29, 0.717) is 43.1 Å². The van der Waals surface area contributed by atoms with E-state index in [1.165, 1.54) is 6.07 Å². The smallest absolute Gasteiger partial charge is 0.244 e. The van der Waals surface area contributed by atoms with Gasteiger partial charge >= 0.3 is 0 Å². The number of hydrogen-bond donors (Lipinski definition) is 0. The van der Waals surface area contributed by atoms with E-state index in [9.17, 15) is 9.18 Å². The Kier molecular flexibility index (Phi) is 5.54. The maximum absolute atomic E-state index is 13.8. The van der Waals surface area contributed by atoms with Crippen LogP contribution >= 0.6 is 0 Å². The normalized spacial score (nSPS) is 13.6. The second kappa shape index (κ2) is 8.65. The molecule has 0 saturated heterocycles. The quantitative estimate of drug-likeness (QED) is 0.462. The molecule has 1 aliphatic heterocycles. The second-order valence-electron chi connectivity index (χ2n) is 8.39. The van der Waals surface area contributed by atoms with Gasteiger partial charge in [0.25, 0.3) is 0 Å². The molecule has 1 aliphatic rings. The van der Waals surface area contributed by atoms with Crippen LogP contribution in [0.4, 0.5) is 4.39 Å². The average Bonchev–Trinajstić information content (AvgIpc) is 3.33. The van der Waals surface area contributed by atoms with E-state index in [-0.39, 0.29) is 18.3 Å². The zero-order valence-corrected chi connectivity index (χ0v) is 18.7. The molecular formula is C26H25FN4O2. The summed E-state index contributed by atoms with van der Waals surface area (Å²) in [4.78, 5) is 19.5. The molecule has 2 aromatic carbocycles. The molecule has 0 spiro atoms. The minimum Gasteiger partial charge on any atom is -0.446 e. The van der Waals surface area contributed by atoms with E-state index in [1.54, 1.807) is 23.7 Å². The molecule has 0 radical (unpaired) electrons. The van der Waals surface area contributed by atoms with Gasteiger partial charge in [0.1, 0.15) is 18.1 Å². The number of aryl methyl sites for hydroxylation is 2. The lowest BCUT2D eigenvalue weighted by atomic mass is 10.1. The molecule has 0 atom stereocenters. The Balaban J connectivity index is 1.42. The molecule has 0 saturated carbocycles. The number of benzene rings is 2. The van der Waals surface area contributed by atoms with Gasteiger partial charge in [-0.1, -0.05) is 30.3 Å². The summed E-state index contributed by atoms with van der Waals surface area (Å²) in [6.07, 6.45) is 1.34. The fourth-order valence-corrected chi connectivity index (χ4v) is 4.29. The molecule has 0 aliphatic carbocycles. The lowest BCUT2D eigenvalue weighted by molar-refractivity contribution is -0.131. The molecule has 7 heteroatoms. The fourth-order valence-electron chi connectivity index (χ4n) is 4.29. The van der Waals surface area contributed by atoms with E-state index in [4.69, 9.17) is 9.52 Å². The minimum atomic E-state index is -0.248. The lowest BCUT2D eigenvalue weighted by Crippen LogP contribution is -2.36. The molecule has 0 unspecified atom stereocenters. The number of halogens is 1. The van der Waals surface area contributed by atoms with Crippen LogP contribution in [0.1, 0.15) is 22.9 Å². The highest BCUT2D eigenvalue weighted by Crippen LogP contribution is 2.28. The SMILES string of the molecule is Cc1nc2c(o1)CCN(C(=O)Cn1nc(-c3ccc(F)c(C)c3)cc1-c1ccccc1)CC2. The van der Waals surface area contributed by atoms with E-state index in [2.05, 4.69) is 4.98 Å². The molecular weight excluding hydrogens is 419 g/mol. The number of amides is 1. The van der Waals surface area contributed by atoms with Gasteiger partial charge in [-0.2, -0.15) is 5.10 Å². The molecule has 1 amide bonds. The first kappa shape index (κ1) is 21.1. The lowest BCUT2D eigenvalue weighted by Gasteiger charge is -2.20. The van der Waals surface area contributed by atoms with Gasteiger partial charge in [0, 0.05) is 38.4 Å². The van der Waals surface area contributed by atoms with Crippen LogP contribution in [0.5, 0.6) is 0 Å². The number of fused-ring (bicyclic) bond motifs is 1. The summed E-state index contributed by atoms with van der Waals surface area (Å²) in [5, 5.41) is 4.74. The van der Waals surface area contributed by atoms with E-state index in [1.807, 2.05) is 48.2 Å². The number of carbonyl (C=O) groups excluding carboxylic acids is 1. The van der Waals surface area contributed by atoms with Crippen LogP contribution < -0.4 is 0 Å². The monoisotopic (exact) mass is 444 g/mol. The maximum Gasteiger partial charge on any atom is 0.244 e. The van der Waals surface area contributed by atoms with Crippen molar-refractivity contribution in [3.05, 3.63) is 83.3 Å². The van der Waals surface area contributed by atoms with Gasteiger partial charge in [0.05, 0.1) is 17.1 Å². The van der Waals surface area contributed by atoms with Gasteiger partial charge < -0.3 is 9.32 Å². The summed E-state index contributed by atoms with van der Waals surface area (Å²) in [6, 6.07) is 16.8. The number of nitrogens with zero attached hydrogens (tertiary/aromatic N) is 4. The Labute approximate surface area is 191 Å². The van der Waals surface area contributed by atoms with Crippen molar-refractivity contribution in [2.45, 2.75) is 33.2 Å². The summed E-state index contributed by atoms with van der Waals surface area (Å²) < 4.78 is 21.2. The van der Waals surface area contributed by atoms with Crippen molar-refractivity contribution in [3.63, 3.8) is 0 Å². The Morgan fingerprint density at radius 2 is 1.82 bits per heavy atom. The molecule has 0 fully saturated rings. The average molecular weight is 445 g/mol. The molecule has 2 aromatic heterocycles. The summed E-state index contributed by atoms with van der Waals surface area (Å²) in [5.41, 5.74) is 4.85. The molecule has 5 rings (SSSR count). The van der Waals surface area contributed by atoms with Crippen LogP contribution in [0.3, 0.4) is 0 Å². The van der Waals surface area contributed by atoms with E-state index in [0.717, 1.165) is 28.3 Å². The van der Waals surface area contributed by atoms with Crippen molar-refractivity contribution in [2.75, 3.05) is 13.1 Å². The zero-order chi connectivity index (χ0) is 22.9. The fraction of sp³-hybridized carbons (Fsp3) is 0.269. The van der Waals surface area contributed by atoms with Crippen molar-refractivity contribution in [2.24, 2.45) is 0 Å². The van der Waals surface area contributed by atoms with Gasteiger partial charge in [-0.15, -0.1) is 0 Å². The molecule has 0 bridgehead atoms. The molecule has 3 heterocycles. The van der Waals surface area contributed by atoms with Gasteiger partial charge in [-0.05, 0) is 42.3 Å². The van der Waals surface area contributed by atoms with Gasteiger partial charge in [0.15, 0.2) is 5.89 Å². The largest absolute Gasteiger partial charge is 0.446 e. The Morgan fingerprint density at radius 1 is 1.03 bits per heavy atom. The van der Waals surface area contributed by atoms with Crippen molar-refractivity contribution >= 4 is 5.91 Å². The summed E-state index contributed by atoms with van der Waals surface area (Å²) >= 11 is 0. The topological polar surface area (TPSA) is 64.2 Å². The third kappa shape index (κ3) is 4.31. The third-order valence-corrected chi connectivity index (χ3v) is 6.05. The highest BCUT2D eigenvalue weighted by atomic mass is 19.1. The van der Waals surface area contributed by atoms with Gasteiger partial charge in [-0.3, -0.25) is 9.48 Å². The number of aromatic nitrogens is 3. The number of hydrogen-bond acceptors (Lipinski definition) is 4. The Bertz CT molecular complexity index is 1280. The number of carbonyl (C=O) groups is 1. The summed E-state index contributed by atoms with van der Waals surface area (Å²) in [6.45, 7) is 4.90. The van der Waals surface area contributed by atoms with Crippen LogP contribution in [-0.4, -0.2) is 38.7 Å². The molecule has 168 valence electrons. The van der Waals surface area contributed by atoms with E-state index >= 15 is 0 Å². The highest BCUT2D eigenvalue weighted by molar-refractivity contribution is 5.78. The predicted octanol–water partition coefficient (Wildman–Crippen LogP) is 4.59.